The maximum Gasteiger partial charge on any atom is 0.0875 e. The lowest BCUT2D eigenvalue weighted by Gasteiger charge is -2.22. The van der Waals surface area contributed by atoms with Crippen LogP contribution in [0.4, 0.5) is 0 Å². The molecule has 0 amide bonds. The van der Waals surface area contributed by atoms with Crippen molar-refractivity contribution < 1.29 is 5.11 Å². The molecule has 1 saturated heterocycles. The van der Waals surface area contributed by atoms with Crippen molar-refractivity contribution in [3.63, 3.8) is 0 Å². The van der Waals surface area contributed by atoms with Gasteiger partial charge in [-0.05, 0) is 33.4 Å². The summed E-state index contributed by atoms with van der Waals surface area (Å²) < 4.78 is 0. The number of aliphatic hydroxyl groups is 1. The van der Waals surface area contributed by atoms with Crippen LogP contribution in [-0.2, 0) is 0 Å². The summed E-state index contributed by atoms with van der Waals surface area (Å²) in [6.07, 6.45) is 5.86. The average Bonchev–Trinajstić information content (AvgIpc) is 2.36. The van der Waals surface area contributed by atoms with E-state index in [0.29, 0.717) is 6.04 Å². The average molecular weight is 155 g/mol. The van der Waals surface area contributed by atoms with Crippen LogP contribution in [0, 0.1) is 0 Å². The Morgan fingerprint density at radius 2 is 2.36 bits per heavy atom. The quantitative estimate of drug-likeness (QED) is 0.602. The van der Waals surface area contributed by atoms with Gasteiger partial charge >= 0.3 is 0 Å². The number of hydrogen-bond donors (Lipinski definition) is 1. The largest absolute Gasteiger partial charge is 0.387 e. The van der Waals surface area contributed by atoms with E-state index < -0.39 is 0 Å². The highest BCUT2D eigenvalue weighted by atomic mass is 16.3. The van der Waals surface area contributed by atoms with Gasteiger partial charge in [-0.25, -0.2) is 0 Å². The first-order valence-electron chi connectivity index (χ1n) is 4.27. The highest BCUT2D eigenvalue weighted by Crippen LogP contribution is 2.18. The Morgan fingerprint density at radius 1 is 1.64 bits per heavy atom. The van der Waals surface area contributed by atoms with Crippen molar-refractivity contribution in [2.75, 3.05) is 13.6 Å². The van der Waals surface area contributed by atoms with Gasteiger partial charge in [0.1, 0.15) is 0 Å². The zero-order chi connectivity index (χ0) is 8.27. The molecule has 1 fully saturated rings. The molecule has 0 aromatic carbocycles. The third-order valence-corrected chi connectivity index (χ3v) is 2.36. The maximum absolute atomic E-state index is 9.59. The Kier molecular flexibility index (Phi) is 3.09. The molecule has 1 rings (SSSR count). The minimum absolute atomic E-state index is 0.271. The van der Waals surface area contributed by atoms with Crippen molar-refractivity contribution in [1.29, 1.82) is 0 Å². The molecule has 11 heavy (non-hydrogen) atoms. The highest BCUT2D eigenvalue weighted by molar-refractivity contribution is 4.95. The van der Waals surface area contributed by atoms with Crippen LogP contribution < -0.4 is 0 Å². The molecule has 0 spiro atoms. The number of rotatable bonds is 2. The summed E-state index contributed by atoms with van der Waals surface area (Å²) in [7, 11) is 2.07. The lowest BCUT2D eigenvalue weighted by atomic mass is 10.1. The monoisotopic (exact) mass is 155 g/mol. The van der Waals surface area contributed by atoms with Crippen LogP contribution in [0.25, 0.3) is 0 Å². The molecule has 64 valence electrons. The Bertz CT molecular complexity index is 144. The number of hydrogen-bond acceptors (Lipinski definition) is 2. The second-order valence-corrected chi connectivity index (χ2v) is 3.21. The van der Waals surface area contributed by atoms with Crippen molar-refractivity contribution >= 4 is 0 Å². The molecule has 1 unspecified atom stereocenters. The van der Waals surface area contributed by atoms with E-state index in [9.17, 15) is 5.11 Å². The Balaban J connectivity index is 2.45. The van der Waals surface area contributed by atoms with E-state index >= 15 is 0 Å². The minimum atomic E-state index is -0.271. The predicted octanol–water partition coefficient (Wildman–Crippen LogP) is 1.02. The van der Waals surface area contributed by atoms with Crippen LogP contribution in [-0.4, -0.2) is 35.7 Å². The van der Waals surface area contributed by atoms with Gasteiger partial charge in [-0.3, -0.25) is 0 Å². The van der Waals surface area contributed by atoms with Gasteiger partial charge in [-0.15, -0.1) is 0 Å². The van der Waals surface area contributed by atoms with E-state index in [-0.39, 0.29) is 6.10 Å². The topological polar surface area (TPSA) is 23.5 Å². The van der Waals surface area contributed by atoms with E-state index in [4.69, 9.17) is 0 Å². The zero-order valence-corrected chi connectivity index (χ0v) is 7.33. The number of likely N-dealkylation sites (tertiary alicyclic amines) is 1. The van der Waals surface area contributed by atoms with E-state index in [0.717, 1.165) is 13.0 Å². The van der Waals surface area contributed by atoms with E-state index in [2.05, 4.69) is 11.9 Å². The molecule has 0 bridgehead atoms. The van der Waals surface area contributed by atoms with Crippen LogP contribution >= 0.6 is 0 Å². The minimum Gasteiger partial charge on any atom is -0.387 e. The van der Waals surface area contributed by atoms with Crippen LogP contribution in [0.3, 0.4) is 0 Å². The normalized spacial score (nSPS) is 29.9. The lowest BCUT2D eigenvalue weighted by Crippen LogP contribution is -2.34. The molecule has 2 nitrogen and oxygen atoms in total. The fourth-order valence-electron chi connectivity index (χ4n) is 1.69. The highest BCUT2D eigenvalue weighted by Gasteiger charge is 2.25. The molecular formula is C9H17NO. The SMILES string of the molecule is C/C=C/C(O)[C@@H]1CCCN1C. The Labute approximate surface area is 68.5 Å². The van der Waals surface area contributed by atoms with Gasteiger partial charge in [0.15, 0.2) is 0 Å². The summed E-state index contributed by atoms with van der Waals surface area (Å²) in [6, 6.07) is 0.353. The van der Waals surface area contributed by atoms with Gasteiger partial charge in [0.2, 0.25) is 0 Å². The molecule has 1 aliphatic heterocycles. The van der Waals surface area contributed by atoms with Crippen molar-refractivity contribution in [2.45, 2.75) is 31.9 Å². The van der Waals surface area contributed by atoms with Crippen molar-refractivity contribution in [1.82, 2.24) is 4.90 Å². The number of nitrogens with zero attached hydrogens (tertiary/aromatic N) is 1. The van der Waals surface area contributed by atoms with E-state index in [1.54, 1.807) is 0 Å². The van der Waals surface area contributed by atoms with Gasteiger partial charge in [0.05, 0.1) is 6.10 Å². The molecular weight excluding hydrogens is 138 g/mol. The molecule has 0 radical (unpaired) electrons. The maximum atomic E-state index is 9.59. The summed E-state index contributed by atoms with van der Waals surface area (Å²) in [6.45, 7) is 3.07. The third-order valence-electron chi connectivity index (χ3n) is 2.36. The van der Waals surface area contributed by atoms with E-state index in [1.807, 2.05) is 19.1 Å². The van der Waals surface area contributed by atoms with Crippen LogP contribution in [0.15, 0.2) is 12.2 Å². The second kappa shape index (κ2) is 3.88. The van der Waals surface area contributed by atoms with Gasteiger partial charge in [-0.1, -0.05) is 12.2 Å². The molecule has 0 aliphatic carbocycles. The lowest BCUT2D eigenvalue weighted by molar-refractivity contribution is 0.123. The van der Waals surface area contributed by atoms with Gasteiger partial charge in [-0.2, -0.15) is 0 Å². The number of allylic oxidation sites excluding steroid dienone is 1. The molecule has 1 heterocycles. The van der Waals surface area contributed by atoms with Gasteiger partial charge in [0, 0.05) is 6.04 Å². The number of aliphatic hydroxyl groups excluding tert-OH is 1. The van der Waals surface area contributed by atoms with Gasteiger partial charge < -0.3 is 10.0 Å². The predicted molar refractivity (Wildman–Crippen MR) is 46.5 cm³/mol. The van der Waals surface area contributed by atoms with Crippen LogP contribution in [0.2, 0.25) is 0 Å². The fraction of sp³-hybridized carbons (Fsp3) is 0.778. The van der Waals surface area contributed by atoms with Crippen LogP contribution in [0.5, 0.6) is 0 Å². The first kappa shape index (κ1) is 8.75. The first-order valence-corrected chi connectivity index (χ1v) is 4.27. The smallest absolute Gasteiger partial charge is 0.0875 e. The zero-order valence-electron chi connectivity index (χ0n) is 7.33. The van der Waals surface area contributed by atoms with Crippen molar-refractivity contribution in [3.8, 4) is 0 Å². The summed E-state index contributed by atoms with van der Waals surface area (Å²) in [5, 5.41) is 9.59. The molecule has 0 aromatic rings. The third kappa shape index (κ3) is 2.04. The molecule has 1 aliphatic rings. The fourth-order valence-corrected chi connectivity index (χ4v) is 1.69. The van der Waals surface area contributed by atoms with E-state index in [1.165, 1.54) is 6.42 Å². The second-order valence-electron chi connectivity index (χ2n) is 3.21. The molecule has 0 aromatic heterocycles. The Morgan fingerprint density at radius 3 is 2.82 bits per heavy atom. The summed E-state index contributed by atoms with van der Waals surface area (Å²) in [4.78, 5) is 2.23. The summed E-state index contributed by atoms with van der Waals surface area (Å²) >= 11 is 0. The van der Waals surface area contributed by atoms with Gasteiger partial charge in [0.25, 0.3) is 0 Å². The molecule has 1 N–H and O–H groups in total. The first-order chi connectivity index (χ1) is 5.25. The van der Waals surface area contributed by atoms with Crippen LogP contribution in [0.1, 0.15) is 19.8 Å². The van der Waals surface area contributed by atoms with Crippen molar-refractivity contribution in [2.24, 2.45) is 0 Å². The summed E-state index contributed by atoms with van der Waals surface area (Å²) in [5.41, 5.74) is 0. The summed E-state index contributed by atoms with van der Waals surface area (Å²) in [5.74, 6) is 0. The van der Waals surface area contributed by atoms with Crippen molar-refractivity contribution in [3.05, 3.63) is 12.2 Å². The molecule has 2 atom stereocenters. The molecule has 0 saturated carbocycles. The number of likely N-dealkylation sites (N-methyl/N-ethyl adjacent to an activating group) is 1. The standard InChI is InChI=1S/C9H17NO/c1-3-5-9(11)8-6-4-7-10(8)2/h3,5,8-9,11H,4,6-7H2,1-2H3/b5-3+/t8-,9?/m0/s1. The molecule has 2 heteroatoms. The Hall–Kier alpha value is -0.340.